The zero-order valence-electron chi connectivity index (χ0n) is 18.8. The van der Waals surface area contributed by atoms with Crippen LogP contribution >= 0.6 is 31.9 Å². The van der Waals surface area contributed by atoms with Gasteiger partial charge in [-0.2, -0.15) is 0 Å². The zero-order valence-corrected chi connectivity index (χ0v) is 22.0. The van der Waals surface area contributed by atoms with Crippen molar-refractivity contribution < 1.29 is 9.59 Å². The van der Waals surface area contributed by atoms with Crippen molar-refractivity contribution in [1.29, 1.82) is 0 Å². The van der Waals surface area contributed by atoms with E-state index in [9.17, 15) is 14.4 Å². The lowest BCUT2D eigenvalue weighted by molar-refractivity contribution is -0.132. The van der Waals surface area contributed by atoms with Crippen LogP contribution in [-0.2, 0) is 4.79 Å². The molecule has 1 fully saturated rings. The highest BCUT2D eigenvalue weighted by molar-refractivity contribution is 9.11. The van der Waals surface area contributed by atoms with Gasteiger partial charge < -0.3 is 15.6 Å². The van der Waals surface area contributed by atoms with Crippen molar-refractivity contribution in [3.8, 4) is 11.3 Å². The molecule has 0 saturated carbocycles. The number of anilines is 1. The number of halogens is 2. The molecule has 1 aliphatic heterocycles. The molecule has 1 amide bonds. The molecule has 3 aromatic rings. The van der Waals surface area contributed by atoms with E-state index in [1.807, 2.05) is 41.8 Å². The number of Topliss-reactive ketones (excluding diaryl/α,β-unsaturated/α-hetero) is 1. The Hall–Kier alpha value is -2.65. The van der Waals surface area contributed by atoms with Crippen molar-refractivity contribution in [2.24, 2.45) is 0 Å². The second kappa shape index (κ2) is 10.3. The molecule has 1 saturated heterocycles. The molecule has 2 heterocycles. The first-order chi connectivity index (χ1) is 16.3. The summed E-state index contributed by atoms with van der Waals surface area (Å²) < 4.78 is 3.11. The third-order valence-corrected chi connectivity index (χ3v) is 7.70. The molecular formula is C25H26Br2N4O3. The number of nitrogen functional groups attached to an aromatic ring is 1. The summed E-state index contributed by atoms with van der Waals surface area (Å²) in [5.41, 5.74) is 9.53. The highest BCUT2D eigenvalue weighted by atomic mass is 79.9. The van der Waals surface area contributed by atoms with E-state index in [0.29, 0.717) is 46.1 Å². The van der Waals surface area contributed by atoms with Gasteiger partial charge in [-0.3, -0.25) is 14.2 Å². The number of piperidine rings is 1. The van der Waals surface area contributed by atoms with Crippen LogP contribution in [0.1, 0.15) is 47.8 Å². The van der Waals surface area contributed by atoms with Crippen molar-refractivity contribution in [1.82, 2.24) is 14.5 Å². The van der Waals surface area contributed by atoms with Gasteiger partial charge in [0.1, 0.15) is 0 Å². The first-order valence-corrected chi connectivity index (χ1v) is 12.8. The summed E-state index contributed by atoms with van der Waals surface area (Å²) in [4.78, 5) is 42.8. The molecule has 2 aromatic carbocycles. The van der Waals surface area contributed by atoms with Gasteiger partial charge in [0.2, 0.25) is 5.91 Å². The van der Waals surface area contributed by atoms with E-state index in [2.05, 4.69) is 36.8 Å². The maximum Gasteiger partial charge on any atom is 0.326 e. The average molecular weight is 590 g/mol. The number of carbonyl (C=O) groups is 2. The predicted molar refractivity (Wildman–Crippen MR) is 140 cm³/mol. The number of likely N-dealkylation sites (tertiary alicyclic amines) is 1. The number of imidazole rings is 1. The van der Waals surface area contributed by atoms with Crippen molar-refractivity contribution >= 4 is 49.2 Å². The van der Waals surface area contributed by atoms with E-state index in [4.69, 9.17) is 5.73 Å². The van der Waals surface area contributed by atoms with Crippen LogP contribution in [0.2, 0.25) is 0 Å². The van der Waals surface area contributed by atoms with E-state index >= 15 is 0 Å². The Balaban J connectivity index is 1.35. The molecule has 7 nitrogen and oxygen atoms in total. The smallest absolute Gasteiger partial charge is 0.326 e. The highest BCUT2D eigenvalue weighted by Gasteiger charge is 2.27. The molecule has 9 heteroatoms. The molecule has 0 bridgehead atoms. The van der Waals surface area contributed by atoms with Crippen molar-refractivity contribution in [2.75, 3.05) is 18.8 Å². The highest BCUT2D eigenvalue weighted by Crippen LogP contribution is 2.31. The van der Waals surface area contributed by atoms with Gasteiger partial charge in [0.15, 0.2) is 5.78 Å². The normalized spacial score (nSPS) is 14.4. The molecule has 0 atom stereocenters. The average Bonchev–Trinajstić information content (AvgIpc) is 3.14. The number of benzene rings is 2. The minimum atomic E-state index is -0.118. The van der Waals surface area contributed by atoms with Gasteiger partial charge in [0.05, 0.1) is 11.4 Å². The van der Waals surface area contributed by atoms with Gasteiger partial charge in [-0.1, -0.05) is 30.3 Å². The minimum absolute atomic E-state index is 0.0383. The third-order valence-electron chi connectivity index (χ3n) is 6.39. The fourth-order valence-corrected chi connectivity index (χ4v) is 5.68. The Morgan fingerprint density at radius 3 is 2.29 bits per heavy atom. The molecule has 178 valence electrons. The summed E-state index contributed by atoms with van der Waals surface area (Å²) >= 11 is 6.70. The predicted octanol–water partition coefficient (Wildman–Crippen LogP) is 5.09. The lowest BCUT2D eigenvalue weighted by Gasteiger charge is -2.33. The number of amides is 1. The van der Waals surface area contributed by atoms with Crippen LogP contribution in [0.4, 0.5) is 5.69 Å². The molecule has 1 aliphatic rings. The molecule has 34 heavy (non-hydrogen) atoms. The maximum absolute atomic E-state index is 12.7. The Morgan fingerprint density at radius 2 is 1.68 bits per heavy atom. The van der Waals surface area contributed by atoms with Crippen LogP contribution in [-0.4, -0.2) is 39.2 Å². The first kappa shape index (κ1) is 24.5. The molecule has 0 unspecified atom stereocenters. The number of nitrogens with zero attached hydrogens (tertiary/aromatic N) is 2. The van der Waals surface area contributed by atoms with Crippen LogP contribution in [0.5, 0.6) is 0 Å². The van der Waals surface area contributed by atoms with E-state index in [-0.39, 0.29) is 36.3 Å². The molecule has 0 spiro atoms. The van der Waals surface area contributed by atoms with Gasteiger partial charge in [-0.05, 0) is 69.3 Å². The number of hydrogen-bond donors (Lipinski definition) is 2. The summed E-state index contributed by atoms with van der Waals surface area (Å²) in [6.07, 6.45) is 1.69. The number of rotatable bonds is 6. The van der Waals surface area contributed by atoms with Gasteiger partial charge in [-0.15, -0.1) is 0 Å². The minimum Gasteiger partial charge on any atom is -0.397 e. The Kier molecular flexibility index (Phi) is 7.42. The SMILES string of the molecule is Cc1c(-c2ccccc2)[nH]c(=O)n1C1CCN(C(=O)CCC(=O)c2cc(Br)c(N)c(Br)c2)CC1. The number of aromatic amines is 1. The molecule has 1 aromatic heterocycles. The maximum atomic E-state index is 12.7. The molecule has 3 N–H and O–H groups in total. The fraction of sp³-hybridized carbons (Fsp3) is 0.320. The standard InChI is InChI=1S/C25H26Br2N4O3/c1-15-24(16-5-3-2-4-6-16)29-25(34)31(15)18-9-11-30(12-10-18)22(33)8-7-21(32)17-13-19(26)23(28)20(27)14-17/h2-6,13-14,18H,7-12,28H2,1H3,(H,29,34). The Bertz CT molecular complexity index is 1250. The second-order valence-corrected chi connectivity index (χ2v) is 10.2. The van der Waals surface area contributed by atoms with Crippen LogP contribution < -0.4 is 11.4 Å². The number of aromatic nitrogens is 2. The number of H-pyrrole nitrogens is 1. The van der Waals surface area contributed by atoms with E-state index in [1.165, 1.54) is 0 Å². The molecule has 4 rings (SSSR count). The van der Waals surface area contributed by atoms with Gasteiger partial charge in [0.25, 0.3) is 0 Å². The second-order valence-electron chi connectivity index (χ2n) is 8.52. The van der Waals surface area contributed by atoms with Crippen molar-refractivity contribution in [3.05, 3.63) is 73.2 Å². The number of hydrogen-bond acceptors (Lipinski definition) is 4. The monoisotopic (exact) mass is 588 g/mol. The summed E-state index contributed by atoms with van der Waals surface area (Å²) in [7, 11) is 0. The Labute approximate surface area is 214 Å². The number of nitrogens with two attached hydrogens (primary N) is 1. The third kappa shape index (κ3) is 5.05. The number of nitrogens with one attached hydrogen (secondary N) is 1. The van der Waals surface area contributed by atoms with Crippen LogP contribution in [0.25, 0.3) is 11.3 Å². The summed E-state index contributed by atoms with van der Waals surface area (Å²) in [6.45, 7) is 3.08. The van der Waals surface area contributed by atoms with E-state index in [1.54, 1.807) is 17.0 Å². The van der Waals surface area contributed by atoms with Crippen molar-refractivity contribution in [2.45, 2.75) is 38.6 Å². The fourth-order valence-electron chi connectivity index (χ4n) is 4.50. The topological polar surface area (TPSA) is 101 Å². The number of carbonyl (C=O) groups excluding carboxylic acids is 2. The summed E-state index contributed by atoms with van der Waals surface area (Å²) in [6, 6.07) is 13.2. The van der Waals surface area contributed by atoms with Gasteiger partial charge >= 0.3 is 5.69 Å². The lowest BCUT2D eigenvalue weighted by Crippen LogP contribution is -2.40. The lowest BCUT2D eigenvalue weighted by atomic mass is 10.0. The molecular weight excluding hydrogens is 564 g/mol. The van der Waals surface area contributed by atoms with Gasteiger partial charge in [0, 0.05) is 52.2 Å². The quantitative estimate of drug-likeness (QED) is 0.309. The van der Waals surface area contributed by atoms with Crippen LogP contribution in [0.3, 0.4) is 0 Å². The van der Waals surface area contributed by atoms with E-state index < -0.39 is 0 Å². The van der Waals surface area contributed by atoms with Crippen molar-refractivity contribution in [3.63, 3.8) is 0 Å². The summed E-state index contributed by atoms with van der Waals surface area (Å²) in [5.74, 6) is -0.143. The van der Waals surface area contributed by atoms with Crippen LogP contribution in [0.15, 0.2) is 56.2 Å². The van der Waals surface area contributed by atoms with Gasteiger partial charge in [-0.25, -0.2) is 4.79 Å². The summed E-state index contributed by atoms with van der Waals surface area (Å²) in [5, 5.41) is 0. The number of ketones is 1. The molecule has 0 radical (unpaired) electrons. The van der Waals surface area contributed by atoms with Crippen LogP contribution in [0, 0.1) is 6.92 Å². The first-order valence-electron chi connectivity index (χ1n) is 11.2. The Morgan fingerprint density at radius 1 is 1.06 bits per heavy atom. The largest absolute Gasteiger partial charge is 0.397 e. The van der Waals surface area contributed by atoms with E-state index in [0.717, 1.165) is 17.0 Å². The molecule has 0 aliphatic carbocycles. The zero-order chi connectivity index (χ0) is 24.4.